The Morgan fingerprint density at radius 3 is 2.10 bits per heavy atom. The summed E-state index contributed by atoms with van der Waals surface area (Å²) in [5.74, 6) is -0.727. The normalized spacial score (nSPS) is 15.4. The molecule has 2 aliphatic heterocycles. The minimum absolute atomic E-state index is 0.0618. The number of carbonyl (C=O) groups is 4. The van der Waals surface area contributed by atoms with Gasteiger partial charge >= 0.3 is 24.1 Å². The van der Waals surface area contributed by atoms with E-state index in [1.807, 2.05) is 26.8 Å². The van der Waals surface area contributed by atoms with Gasteiger partial charge in [-0.1, -0.05) is 19.8 Å². The Bertz CT molecular complexity index is 2050. The number of benzene rings is 1. The van der Waals surface area contributed by atoms with Crippen molar-refractivity contribution in [2.45, 2.75) is 90.6 Å². The van der Waals surface area contributed by atoms with Gasteiger partial charge in [-0.05, 0) is 70.4 Å². The van der Waals surface area contributed by atoms with E-state index in [0.717, 1.165) is 36.6 Å². The minimum atomic E-state index is -1.90. The smallest absolute Gasteiger partial charge is 0.412 e. The molecule has 0 bridgehead atoms. The highest BCUT2D eigenvalue weighted by Crippen LogP contribution is 2.39. The van der Waals surface area contributed by atoms with Gasteiger partial charge < -0.3 is 58.2 Å². The number of aliphatic hydroxyl groups is 1. The summed E-state index contributed by atoms with van der Waals surface area (Å²) in [6.45, 7) is 11.0. The molecule has 18 nitrogen and oxygen atoms in total. The molecule has 0 spiro atoms. The fourth-order valence-corrected chi connectivity index (χ4v) is 6.71. The zero-order valence-corrected chi connectivity index (χ0v) is 35.5. The van der Waals surface area contributed by atoms with Crippen LogP contribution in [-0.4, -0.2) is 117 Å². The summed E-state index contributed by atoms with van der Waals surface area (Å²) in [6, 6.07) is 8.64. The molecule has 3 N–H and O–H groups in total. The predicted molar refractivity (Wildman–Crippen MR) is 220 cm³/mol. The molecule has 2 aliphatic rings. The van der Waals surface area contributed by atoms with E-state index in [0.29, 0.717) is 75.4 Å². The van der Waals surface area contributed by atoms with Crippen LogP contribution in [0.2, 0.25) is 0 Å². The van der Waals surface area contributed by atoms with Crippen LogP contribution in [0.5, 0.6) is 5.75 Å². The third-order valence-electron chi connectivity index (χ3n) is 9.78. The van der Waals surface area contributed by atoms with E-state index in [-0.39, 0.29) is 68.5 Å². The topological polar surface area (TPSA) is 221 Å². The van der Waals surface area contributed by atoms with Gasteiger partial charge in [-0.2, -0.15) is 0 Å². The van der Waals surface area contributed by atoms with Crippen LogP contribution in [0.3, 0.4) is 0 Å². The van der Waals surface area contributed by atoms with Crippen molar-refractivity contribution in [3.63, 3.8) is 0 Å². The standard InChI is InChI=1S/C43H58N4O14/c1-5-43(53)33-26-35-37-30(27-47(35)38(49)32(33)28-59-39(43)50)24-29-25-31(10-11-34(29)46-37)60-41(52)45-14-9-7-6-8-13-44-40(51)58-23-22-57-21-20-56-19-18-55-17-16-54-15-12-36(48)61-42(2,3)4/h10-11,24-26,53H,5-9,12-23,27-28H2,1-4H3,(H,44,51)(H,45,52)/t43-/m0/s1. The van der Waals surface area contributed by atoms with Crippen LogP contribution >= 0.6 is 0 Å². The Kier molecular flexibility index (Phi) is 17.4. The predicted octanol–water partition coefficient (Wildman–Crippen LogP) is 4.25. The SMILES string of the molecule is CC[C@@]1(O)C(=O)OCc2c1cc1n(c2=O)Cc2cc3cc(OC(=O)NCCCCCCNC(=O)OCCOCCOCCOCCOCCC(=O)OC(C)(C)C)ccc3nc2-1. The van der Waals surface area contributed by atoms with Gasteiger partial charge in [0.2, 0.25) is 0 Å². The van der Waals surface area contributed by atoms with Crippen LogP contribution < -0.4 is 20.9 Å². The van der Waals surface area contributed by atoms with Gasteiger partial charge in [0.15, 0.2) is 5.60 Å². The molecule has 61 heavy (non-hydrogen) atoms. The zero-order chi connectivity index (χ0) is 43.8. The maximum atomic E-state index is 13.4. The molecule has 18 heteroatoms. The molecule has 3 aromatic rings. The molecule has 0 saturated carbocycles. The number of nitrogens with one attached hydrogen (secondary N) is 2. The van der Waals surface area contributed by atoms with Crippen molar-refractivity contribution in [2.24, 2.45) is 0 Å². The van der Waals surface area contributed by atoms with Gasteiger partial charge in [0, 0.05) is 29.6 Å². The summed E-state index contributed by atoms with van der Waals surface area (Å²) < 4.78 is 44.2. The third kappa shape index (κ3) is 13.7. The molecule has 1 aromatic carbocycles. The largest absolute Gasteiger partial charge is 0.460 e. The van der Waals surface area contributed by atoms with Crippen LogP contribution in [0.4, 0.5) is 9.59 Å². The average molecular weight is 855 g/mol. The molecule has 5 rings (SSSR count). The summed E-state index contributed by atoms with van der Waals surface area (Å²) in [5.41, 5.74) is 0.295. The number of nitrogens with zero attached hydrogens (tertiary/aromatic N) is 2. The van der Waals surface area contributed by atoms with E-state index in [9.17, 15) is 29.1 Å². The molecule has 0 aliphatic carbocycles. The second kappa shape index (κ2) is 22.6. The first-order valence-electron chi connectivity index (χ1n) is 20.8. The first kappa shape index (κ1) is 46.9. The van der Waals surface area contributed by atoms with Gasteiger partial charge in [-0.3, -0.25) is 9.59 Å². The van der Waals surface area contributed by atoms with Crippen molar-refractivity contribution in [3.05, 3.63) is 57.4 Å². The number of rotatable bonds is 24. The maximum Gasteiger partial charge on any atom is 0.412 e. The lowest BCUT2D eigenvalue weighted by Crippen LogP contribution is -2.44. The molecular formula is C43H58N4O14. The number of cyclic esters (lactones) is 1. The van der Waals surface area contributed by atoms with Gasteiger partial charge in [0.1, 0.15) is 24.6 Å². The molecule has 1 atom stereocenters. The molecule has 0 saturated heterocycles. The number of fused-ring (bicyclic) bond motifs is 5. The van der Waals surface area contributed by atoms with Crippen LogP contribution in [0, 0.1) is 0 Å². The van der Waals surface area contributed by atoms with Crippen LogP contribution in [0.25, 0.3) is 22.3 Å². The number of unbranched alkanes of at least 4 members (excludes halogenated alkanes) is 3. The van der Waals surface area contributed by atoms with Crippen molar-refractivity contribution in [1.29, 1.82) is 0 Å². The van der Waals surface area contributed by atoms with Gasteiger partial charge in [0.25, 0.3) is 5.56 Å². The Hall–Kier alpha value is -5.14. The maximum absolute atomic E-state index is 13.4. The first-order chi connectivity index (χ1) is 29.3. The van der Waals surface area contributed by atoms with Crippen molar-refractivity contribution in [1.82, 2.24) is 20.2 Å². The highest BCUT2D eigenvalue weighted by Gasteiger charge is 2.45. The molecule has 2 amide bonds. The Morgan fingerprint density at radius 2 is 1.46 bits per heavy atom. The van der Waals surface area contributed by atoms with E-state index in [1.165, 1.54) is 0 Å². The van der Waals surface area contributed by atoms with E-state index < -0.39 is 29.4 Å². The molecule has 2 aromatic heterocycles. The number of aromatic nitrogens is 2. The van der Waals surface area contributed by atoms with Crippen molar-refractivity contribution in [3.8, 4) is 17.1 Å². The van der Waals surface area contributed by atoms with Gasteiger partial charge in [-0.15, -0.1) is 0 Å². The Labute approximate surface area is 354 Å². The second-order valence-corrected chi connectivity index (χ2v) is 15.5. The number of hydrogen-bond acceptors (Lipinski definition) is 15. The number of amides is 2. The summed E-state index contributed by atoms with van der Waals surface area (Å²) in [6.07, 6.45) is 2.34. The summed E-state index contributed by atoms with van der Waals surface area (Å²) >= 11 is 0. The number of pyridine rings is 2. The van der Waals surface area contributed by atoms with Crippen molar-refractivity contribution in [2.75, 3.05) is 72.6 Å². The van der Waals surface area contributed by atoms with Crippen LogP contribution in [0.15, 0.2) is 35.1 Å². The first-order valence-corrected chi connectivity index (χ1v) is 20.8. The van der Waals surface area contributed by atoms with E-state index in [2.05, 4.69) is 10.6 Å². The molecule has 0 unspecified atom stereocenters. The molecule has 0 radical (unpaired) electrons. The second-order valence-electron chi connectivity index (χ2n) is 15.5. The molecule has 4 heterocycles. The Morgan fingerprint density at radius 1 is 0.836 bits per heavy atom. The van der Waals surface area contributed by atoms with E-state index in [1.54, 1.807) is 35.8 Å². The fourth-order valence-electron chi connectivity index (χ4n) is 6.71. The monoisotopic (exact) mass is 854 g/mol. The number of carbonyl (C=O) groups excluding carboxylic acids is 4. The Balaban J connectivity index is 0.856. The number of alkyl carbamates (subject to hydrolysis) is 1. The summed E-state index contributed by atoms with van der Waals surface area (Å²) in [5, 5.41) is 17.3. The lowest BCUT2D eigenvalue weighted by Gasteiger charge is -2.31. The quantitative estimate of drug-likeness (QED) is 0.0510. The molecule has 334 valence electrons. The summed E-state index contributed by atoms with van der Waals surface area (Å²) in [4.78, 5) is 66.7. The zero-order valence-electron chi connectivity index (χ0n) is 35.5. The lowest BCUT2D eigenvalue weighted by atomic mass is 9.86. The number of esters is 2. The number of hydrogen-bond donors (Lipinski definition) is 3. The highest BCUT2D eigenvalue weighted by molar-refractivity contribution is 5.87. The van der Waals surface area contributed by atoms with Crippen LogP contribution in [0.1, 0.15) is 82.9 Å². The number of ether oxygens (including phenoxy) is 8. The third-order valence-corrected chi connectivity index (χ3v) is 9.78. The molecule has 0 fully saturated rings. The van der Waals surface area contributed by atoms with E-state index in [4.69, 9.17) is 42.9 Å². The van der Waals surface area contributed by atoms with Crippen LogP contribution in [-0.2, 0) is 61.5 Å². The van der Waals surface area contributed by atoms with E-state index >= 15 is 0 Å². The minimum Gasteiger partial charge on any atom is -0.460 e. The van der Waals surface area contributed by atoms with Gasteiger partial charge in [-0.25, -0.2) is 19.4 Å². The lowest BCUT2D eigenvalue weighted by molar-refractivity contribution is -0.172. The highest BCUT2D eigenvalue weighted by atomic mass is 16.6. The average Bonchev–Trinajstić information content (AvgIpc) is 3.57. The van der Waals surface area contributed by atoms with Crippen molar-refractivity contribution >= 4 is 35.0 Å². The fraction of sp³-hybridized carbons (Fsp3) is 0.581. The molecular weight excluding hydrogens is 796 g/mol. The van der Waals surface area contributed by atoms with Crippen molar-refractivity contribution < 1.29 is 62.2 Å². The summed E-state index contributed by atoms with van der Waals surface area (Å²) in [7, 11) is 0. The van der Waals surface area contributed by atoms with Gasteiger partial charge in [0.05, 0.1) is 88.3 Å².